The Balaban J connectivity index is 1.50. The van der Waals surface area contributed by atoms with Gasteiger partial charge in [-0.15, -0.1) is 10.2 Å². The predicted molar refractivity (Wildman–Crippen MR) is 86.4 cm³/mol. The van der Waals surface area contributed by atoms with E-state index in [1.165, 1.54) is 31.5 Å². The second kappa shape index (κ2) is 5.83. The van der Waals surface area contributed by atoms with Crippen LogP contribution in [0, 0.1) is 0 Å². The molecule has 1 aromatic heterocycles. The van der Waals surface area contributed by atoms with Gasteiger partial charge >= 0.3 is 0 Å². The number of morpholine rings is 1. The minimum atomic E-state index is -0.148. The Hall–Kier alpha value is -0.980. The zero-order valence-electron chi connectivity index (χ0n) is 14.5. The molecule has 6 heteroatoms. The lowest BCUT2D eigenvalue weighted by atomic mass is 10.1. The molecule has 3 aliphatic rings. The van der Waals surface area contributed by atoms with Gasteiger partial charge in [0.25, 0.3) is 0 Å². The topological polar surface area (TPSA) is 52.4 Å². The molecule has 2 aliphatic carbocycles. The van der Waals surface area contributed by atoms with Crippen molar-refractivity contribution in [1.29, 1.82) is 0 Å². The van der Waals surface area contributed by atoms with Gasteiger partial charge in [-0.25, -0.2) is 0 Å². The second-order valence-corrected chi connectivity index (χ2v) is 7.97. The number of aromatic nitrogens is 3. The molecule has 1 unspecified atom stereocenters. The van der Waals surface area contributed by atoms with Gasteiger partial charge in [0.2, 0.25) is 0 Å². The fourth-order valence-electron chi connectivity index (χ4n) is 3.81. The van der Waals surface area contributed by atoms with Crippen LogP contribution >= 0.6 is 0 Å². The Labute approximate surface area is 138 Å². The van der Waals surface area contributed by atoms with Crippen LogP contribution in [0.15, 0.2) is 0 Å². The van der Waals surface area contributed by atoms with E-state index in [0.717, 1.165) is 25.5 Å². The van der Waals surface area contributed by atoms with E-state index in [4.69, 9.17) is 9.47 Å². The average molecular weight is 320 g/mol. The largest absolute Gasteiger partial charge is 0.382 e. The normalized spacial score (nSPS) is 28.2. The number of ether oxygens (including phenoxy) is 2. The van der Waals surface area contributed by atoms with Crippen LogP contribution < -0.4 is 0 Å². The number of methoxy groups -OCH3 is 1. The molecule has 1 aliphatic heterocycles. The van der Waals surface area contributed by atoms with Crippen LogP contribution in [-0.2, 0) is 16.0 Å². The third-order valence-electron chi connectivity index (χ3n) is 4.92. The van der Waals surface area contributed by atoms with Gasteiger partial charge in [-0.05, 0) is 39.5 Å². The van der Waals surface area contributed by atoms with Crippen LogP contribution in [-0.4, -0.2) is 58.2 Å². The SMILES string of the molecule is COCC1CN(Cc2nnc(C3CC3)n2C2CC2)CC(C)(C)O1. The Kier molecular flexibility index (Phi) is 3.94. The molecular weight excluding hydrogens is 292 g/mol. The first kappa shape index (κ1) is 15.5. The fourth-order valence-corrected chi connectivity index (χ4v) is 3.81. The maximum atomic E-state index is 6.12. The van der Waals surface area contributed by atoms with Crippen molar-refractivity contribution in [2.24, 2.45) is 0 Å². The van der Waals surface area contributed by atoms with E-state index in [0.29, 0.717) is 18.6 Å². The molecule has 3 fully saturated rings. The number of nitrogens with zero attached hydrogens (tertiary/aromatic N) is 4. The second-order valence-electron chi connectivity index (χ2n) is 7.97. The first-order chi connectivity index (χ1) is 11.1. The highest BCUT2D eigenvalue weighted by molar-refractivity contribution is 5.12. The van der Waals surface area contributed by atoms with Gasteiger partial charge in [0.1, 0.15) is 11.6 Å². The standard InChI is InChI=1S/C17H28N4O2/c1-17(2)11-20(8-14(23-17)10-22-3)9-15-18-19-16(12-4-5-12)21(15)13-6-7-13/h12-14H,4-11H2,1-3H3. The lowest BCUT2D eigenvalue weighted by Gasteiger charge is -2.42. The van der Waals surface area contributed by atoms with Crippen LogP contribution in [0.3, 0.4) is 0 Å². The number of rotatable bonds is 6. The Bertz CT molecular complexity index is 563. The van der Waals surface area contributed by atoms with E-state index in [1.807, 2.05) is 0 Å². The lowest BCUT2D eigenvalue weighted by molar-refractivity contribution is -0.154. The summed E-state index contributed by atoms with van der Waals surface area (Å²) in [5.74, 6) is 3.05. The summed E-state index contributed by atoms with van der Waals surface area (Å²) in [6, 6.07) is 0.652. The van der Waals surface area contributed by atoms with Crippen LogP contribution in [0.25, 0.3) is 0 Å². The van der Waals surface area contributed by atoms with E-state index in [9.17, 15) is 0 Å². The van der Waals surface area contributed by atoms with Gasteiger partial charge in [0.15, 0.2) is 0 Å². The maximum absolute atomic E-state index is 6.12. The van der Waals surface area contributed by atoms with Crippen molar-refractivity contribution in [3.8, 4) is 0 Å². The Morgan fingerprint density at radius 1 is 1.22 bits per heavy atom. The van der Waals surface area contributed by atoms with Crippen molar-refractivity contribution in [3.05, 3.63) is 11.6 Å². The molecule has 0 aromatic carbocycles. The Morgan fingerprint density at radius 2 is 2.00 bits per heavy atom. The van der Waals surface area contributed by atoms with Crippen LogP contribution in [0.2, 0.25) is 0 Å². The molecule has 0 bridgehead atoms. The molecule has 1 atom stereocenters. The molecule has 2 heterocycles. The summed E-state index contributed by atoms with van der Waals surface area (Å²) < 4.78 is 13.9. The molecule has 0 N–H and O–H groups in total. The monoisotopic (exact) mass is 320 g/mol. The van der Waals surface area contributed by atoms with Crippen molar-refractivity contribution < 1.29 is 9.47 Å². The third kappa shape index (κ3) is 3.44. The van der Waals surface area contributed by atoms with Crippen LogP contribution in [0.1, 0.15) is 63.1 Å². The van der Waals surface area contributed by atoms with E-state index >= 15 is 0 Å². The van der Waals surface area contributed by atoms with Crippen molar-refractivity contribution in [1.82, 2.24) is 19.7 Å². The Morgan fingerprint density at radius 3 is 2.65 bits per heavy atom. The van der Waals surface area contributed by atoms with Crippen molar-refractivity contribution in [2.45, 2.75) is 69.7 Å². The quantitative estimate of drug-likeness (QED) is 0.803. The zero-order chi connectivity index (χ0) is 16.0. The molecule has 1 aromatic rings. The predicted octanol–water partition coefficient (Wildman–Crippen LogP) is 2.12. The van der Waals surface area contributed by atoms with Gasteiger partial charge in [0.05, 0.1) is 24.9 Å². The van der Waals surface area contributed by atoms with Gasteiger partial charge in [-0.2, -0.15) is 0 Å². The molecule has 4 rings (SSSR count). The average Bonchev–Trinajstić information content (AvgIpc) is 3.37. The smallest absolute Gasteiger partial charge is 0.147 e. The molecule has 1 saturated heterocycles. The van der Waals surface area contributed by atoms with Crippen molar-refractivity contribution in [3.63, 3.8) is 0 Å². The minimum Gasteiger partial charge on any atom is -0.382 e. The van der Waals surface area contributed by atoms with Crippen molar-refractivity contribution >= 4 is 0 Å². The van der Waals surface area contributed by atoms with E-state index in [1.54, 1.807) is 7.11 Å². The molecule has 2 saturated carbocycles. The van der Waals surface area contributed by atoms with E-state index < -0.39 is 0 Å². The lowest BCUT2D eigenvalue weighted by Crippen LogP contribution is -2.53. The first-order valence-electron chi connectivity index (χ1n) is 8.88. The summed E-state index contributed by atoms with van der Waals surface area (Å²) in [5.41, 5.74) is -0.148. The molecule has 6 nitrogen and oxygen atoms in total. The molecule has 128 valence electrons. The van der Waals surface area contributed by atoms with Crippen LogP contribution in [0.4, 0.5) is 0 Å². The van der Waals surface area contributed by atoms with Crippen LogP contribution in [0.5, 0.6) is 0 Å². The summed E-state index contributed by atoms with van der Waals surface area (Å²) in [4.78, 5) is 2.45. The number of hydrogen-bond acceptors (Lipinski definition) is 5. The maximum Gasteiger partial charge on any atom is 0.147 e. The summed E-state index contributed by atoms with van der Waals surface area (Å²) in [6.45, 7) is 7.63. The summed E-state index contributed by atoms with van der Waals surface area (Å²) >= 11 is 0. The summed E-state index contributed by atoms with van der Waals surface area (Å²) in [6.07, 6.45) is 5.26. The highest BCUT2D eigenvalue weighted by atomic mass is 16.5. The highest BCUT2D eigenvalue weighted by Gasteiger charge is 2.38. The first-order valence-corrected chi connectivity index (χ1v) is 8.88. The highest BCUT2D eigenvalue weighted by Crippen LogP contribution is 2.44. The van der Waals surface area contributed by atoms with E-state index in [-0.39, 0.29) is 11.7 Å². The molecule has 23 heavy (non-hydrogen) atoms. The van der Waals surface area contributed by atoms with Gasteiger partial charge in [0, 0.05) is 32.2 Å². The summed E-state index contributed by atoms with van der Waals surface area (Å²) in [5, 5.41) is 9.08. The molecular formula is C17H28N4O2. The molecule has 0 radical (unpaired) electrons. The number of hydrogen-bond donors (Lipinski definition) is 0. The van der Waals surface area contributed by atoms with E-state index in [2.05, 4.69) is 33.5 Å². The van der Waals surface area contributed by atoms with Gasteiger partial charge in [-0.1, -0.05) is 0 Å². The molecule has 0 spiro atoms. The zero-order valence-corrected chi connectivity index (χ0v) is 14.5. The minimum absolute atomic E-state index is 0.129. The van der Waals surface area contributed by atoms with Crippen molar-refractivity contribution in [2.75, 3.05) is 26.8 Å². The summed E-state index contributed by atoms with van der Waals surface area (Å²) in [7, 11) is 1.74. The van der Waals surface area contributed by atoms with Gasteiger partial charge in [-0.3, -0.25) is 4.90 Å². The third-order valence-corrected chi connectivity index (χ3v) is 4.92. The fraction of sp³-hybridized carbons (Fsp3) is 0.882. The molecule has 0 amide bonds. The van der Waals surface area contributed by atoms with Gasteiger partial charge < -0.3 is 14.0 Å².